The summed E-state index contributed by atoms with van der Waals surface area (Å²) in [5, 5.41) is 0. The Morgan fingerprint density at radius 1 is 1.47 bits per heavy atom. The molecule has 0 saturated carbocycles. The van der Waals surface area contributed by atoms with Crippen LogP contribution >= 0.6 is 0 Å². The zero-order valence-electron chi connectivity index (χ0n) is 9.80. The summed E-state index contributed by atoms with van der Waals surface area (Å²) in [5.41, 5.74) is 2.10. The smallest absolute Gasteiger partial charge is 0.410 e. The molecule has 3 rings (SSSR count). The molecular weight excluding hydrogens is 218 g/mol. The Balaban J connectivity index is 1.59. The zero-order chi connectivity index (χ0) is 11.8. The zero-order valence-corrected chi connectivity index (χ0v) is 9.80. The van der Waals surface area contributed by atoms with Gasteiger partial charge in [0.25, 0.3) is 0 Å². The number of carbonyl (C=O) groups is 1. The Labute approximate surface area is 100.0 Å². The molecule has 1 aromatic heterocycles. The van der Waals surface area contributed by atoms with Crippen LogP contribution in [0, 0.1) is 0 Å². The van der Waals surface area contributed by atoms with Crippen molar-refractivity contribution in [1.82, 2.24) is 14.8 Å². The third-order valence-electron chi connectivity index (χ3n) is 3.24. The van der Waals surface area contributed by atoms with E-state index in [2.05, 4.69) is 9.88 Å². The molecule has 0 radical (unpaired) electrons. The third kappa shape index (κ3) is 1.98. The summed E-state index contributed by atoms with van der Waals surface area (Å²) in [7, 11) is 2.01. The van der Waals surface area contributed by atoms with Crippen molar-refractivity contribution in [3.05, 3.63) is 29.6 Å². The van der Waals surface area contributed by atoms with E-state index in [1.54, 1.807) is 11.1 Å². The van der Waals surface area contributed by atoms with Gasteiger partial charge in [0.05, 0.1) is 18.8 Å². The van der Waals surface area contributed by atoms with Crippen LogP contribution in [0.3, 0.4) is 0 Å². The van der Waals surface area contributed by atoms with Crippen molar-refractivity contribution in [3.8, 4) is 0 Å². The van der Waals surface area contributed by atoms with Crippen LogP contribution in [0.4, 0.5) is 4.79 Å². The molecule has 1 saturated heterocycles. The fraction of sp³-hybridized carbons (Fsp3) is 0.500. The number of amides is 1. The molecule has 0 N–H and O–H groups in total. The van der Waals surface area contributed by atoms with Crippen LogP contribution < -0.4 is 0 Å². The average molecular weight is 233 g/mol. The van der Waals surface area contributed by atoms with Crippen LogP contribution in [0.5, 0.6) is 0 Å². The molecule has 0 aliphatic carbocycles. The van der Waals surface area contributed by atoms with Gasteiger partial charge in [0.2, 0.25) is 0 Å². The van der Waals surface area contributed by atoms with Crippen molar-refractivity contribution in [3.63, 3.8) is 0 Å². The molecule has 0 unspecified atom stereocenters. The number of nitrogens with zero attached hydrogens (tertiary/aromatic N) is 3. The summed E-state index contributed by atoms with van der Waals surface area (Å²) < 4.78 is 5.39. The van der Waals surface area contributed by atoms with Crippen LogP contribution in [0.1, 0.15) is 11.3 Å². The lowest BCUT2D eigenvalue weighted by Gasteiger charge is -2.36. The van der Waals surface area contributed by atoms with Gasteiger partial charge >= 0.3 is 6.09 Å². The largest absolute Gasteiger partial charge is 0.443 e. The summed E-state index contributed by atoms with van der Waals surface area (Å²) >= 11 is 0. The Kier molecular flexibility index (Phi) is 2.48. The van der Waals surface area contributed by atoms with Crippen molar-refractivity contribution >= 4 is 6.09 Å². The van der Waals surface area contributed by atoms with Gasteiger partial charge in [-0.25, -0.2) is 4.79 Å². The molecule has 3 heterocycles. The van der Waals surface area contributed by atoms with Crippen LogP contribution in [0.25, 0.3) is 0 Å². The van der Waals surface area contributed by atoms with Gasteiger partial charge in [0.15, 0.2) is 0 Å². The first-order valence-corrected chi connectivity index (χ1v) is 5.79. The van der Waals surface area contributed by atoms with E-state index in [0.29, 0.717) is 13.1 Å². The Morgan fingerprint density at radius 2 is 2.29 bits per heavy atom. The van der Waals surface area contributed by atoms with Gasteiger partial charge < -0.3 is 4.74 Å². The summed E-state index contributed by atoms with van der Waals surface area (Å²) in [6.45, 7) is 2.86. The number of carbonyl (C=O) groups excluding carboxylic acids is 1. The third-order valence-corrected chi connectivity index (χ3v) is 3.24. The second-order valence-electron chi connectivity index (χ2n) is 4.69. The predicted octanol–water partition coefficient (Wildman–Crippen LogP) is 0.848. The minimum absolute atomic E-state index is 0.0594. The number of likely N-dealkylation sites (N-methyl/N-ethyl adjacent to an activating group) is 1. The first-order valence-electron chi connectivity index (χ1n) is 5.79. The summed E-state index contributed by atoms with van der Waals surface area (Å²) in [6, 6.07) is 3.90. The number of aromatic nitrogens is 1. The maximum atomic E-state index is 11.9. The standard InChI is InChI=1S/C12H15N3O2/c1-14-6-10(7-14)17-12(16)15-5-9-3-2-4-13-11(9)8-15/h2-4,10H,5-8H2,1H3. The first-order chi connectivity index (χ1) is 8.22. The molecule has 0 aromatic carbocycles. The molecule has 5 nitrogen and oxygen atoms in total. The van der Waals surface area contributed by atoms with E-state index in [1.165, 1.54) is 0 Å². The number of fused-ring (bicyclic) bond motifs is 1. The van der Waals surface area contributed by atoms with Gasteiger partial charge in [-0.15, -0.1) is 0 Å². The molecule has 5 heteroatoms. The second-order valence-corrected chi connectivity index (χ2v) is 4.69. The van der Waals surface area contributed by atoms with Crippen molar-refractivity contribution in [1.29, 1.82) is 0 Å². The Morgan fingerprint density at radius 3 is 3.00 bits per heavy atom. The van der Waals surface area contributed by atoms with Gasteiger partial charge in [0.1, 0.15) is 6.10 Å². The molecule has 0 atom stereocenters. The quantitative estimate of drug-likeness (QED) is 0.721. The van der Waals surface area contributed by atoms with Crippen LogP contribution in [-0.4, -0.2) is 47.1 Å². The topological polar surface area (TPSA) is 45.7 Å². The van der Waals surface area contributed by atoms with Crippen molar-refractivity contribution in [2.45, 2.75) is 19.2 Å². The van der Waals surface area contributed by atoms with E-state index in [4.69, 9.17) is 4.74 Å². The maximum absolute atomic E-state index is 11.9. The fourth-order valence-corrected chi connectivity index (χ4v) is 2.26. The van der Waals surface area contributed by atoms with Gasteiger partial charge in [-0.05, 0) is 18.7 Å². The highest BCUT2D eigenvalue weighted by Gasteiger charge is 2.31. The van der Waals surface area contributed by atoms with E-state index in [1.807, 2.05) is 19.2 Å². The van der Waals surface area contributed by atoms with Crippen molar-refractivity contribution < 1.29 is 9.53 Å². The van der Waals surface area contributed by atoms with Crippen molar-refractivity contribution in [2.75, 3.05) is 20.1 Å². The van der Waals surface area contributed by atoms with Crippen LogP contribution in [0.2, 0.25) is 0 Å². The highest BCUT2D eigenvalue weighted by molar-refractivity contribution is 5.69. The van der Waals surface area contributed by atoms with Crippen LogP contribution in [-0.2, 0) is 17.8 Å². The molecule has 2 aliphatic rings. The van der Waals surface area contributed by atoms with Gasteiger partial charge in [-0.2, -0.15) is 0 Å². The average Bonchev–Trinajstić information content (AvgIpc) is 2.70. The lowest BCUT2D eigenvalue weighted by Crippen LogP contribution is -2.51. The predicted molar refractivity (Wildman–Crippen MR) is 61.3 cm³/mol. The normalized spacial score (nSPS) is 19.9. The fourth-order valence-electron chi connectivity index (χ4n) is 2.26. The highest BCUT2D eigenvalue weighted by atomic mass is 16.6. The van der Waals surface area contributed by atoms with E-state index in [9.17, 15) is 4.79 Å². The number of hydrogen-bond donors (Lipinski definition) is 0. The molecule has 17 heavy (non-hydrogen) atoms. The lowest BCUT2D eigenvalue weighted by molar-refractivity contribution is -0.0156. The number of hydrogen-bond acceptors (Lipinski definition) is 4. The number of rotatable bonds is 1. The molecule has 0 spiro atoms. The number of ether oxygens (including phenoxy) is 1. The number of likely N-dealkylation sites (tertiary alicyclic amines) is 1. The minimum atomic E-state index is -0.221. The molecule has 90 valence electrons. The molecular formula is C12H15N3O2. The molecule has 0 bridgehead atoms. The van der Waals surface area contributed by atoms with Gasteiger partial charge in [0, 0.05) is 19.3 Å². The highest BCUT2D eigenvalue weighted by Crippen LogP contribution is 2.21. The monoisotopic (exact) mass is 233 g/mol. The van der Waals surface area contributed by atoms with E-state index < -0.39 is 0 Å². The molecule has 1 aromatic rings. The Hall–Kier alpha value is -1.62. The second kappa shape index (κ2) is 4.00. The number of pyridine rings is 1. The lowest BCUT2D eigenvalue weighted by atomic mass is 10.2. The van der Waals surface area contributed by atoms with E-state index >= 15 is 0 Å². The first kappa shape index (κ1) is 10.5. The van der Waals surface area contributed by atoms with Crippen LogP contribution in [0.15, 0.2) is 18.3 Å². The SMILES string of the molecule is CN1CC(OC(=O)N2Cc3cccnc3C2)C1. The van der Waals surface area contributed by atoms with Gasteiger partial charge in [-0.1, -0.05) is 6.07 Å². The van der Waals surface area contributed by atoms with Gasteiger partial charge in [-0.3, -0.25) is 14.8 Å². The molecule has 1 amide bonds. The summed E-state index contributed by atoms with van der Waals surface area (Å²) in [4.78, 5) is 20.0. The van der Waals surface area contributed by atoms with E-state index in [0.717, 1.165) is 24.3 Å². The summed E-state index contributed by atoms with van der Waals surface area (Å²) in [6.07, 6.45) is 1.60. The van der Waals surface area contributed by atoms with Crippen molar-refractivity contribution in [2.24, 2.45) is 0 Å². The molecule has 1 fully saturated rings. The minimum Gasteiger partial charge on any atom is -0.443 e. The van der Waals surface area contributed by atoms with E-state index in [-0.39, 0.29) is 12.2 Å². The maximum Gasteiger partial charge on any atom is 0.410 e. The Bertz CT molecular complexity index is 418. The summed E-state index contributed by atoms with van der Waals surface area (Å²) in [5.74, 6) is 0. The molecule has 2 aliphatic heterocycles.